The molecule has 3 heteroatoms. The Hall–Kier alpha value is -0.670. The Labute approximate surface area is 125 Å². The molecule has 0 spiro atoms. The third kappa shape index (κ3) is 3.50. The highest BCUT2D eigenvalue weighted by molar-refractivity contribution is 7.85. The van der Waals surface area contributed by atoms with Gasteiger partial charge < -0.3 is 5.73 Å². The average Bonchev–Trinajstić information content (AvgIpc) is 2.40. The van der Waals surface area contributed by atoms with Gasteiger partial charge in [0.1, 0.15) is 0 Å². The zero-order chi connectivity index (χ0) is 14.9. The summed E-state index contributed by atoms with van der Waals surface area (Å²) in [6.45, 7) is 8.81. The fourth-order valence-electron chi connectivity index (χ4n) is 2.86. The molecule has 0 bridgehead atoms. The number of hydrogen-bond donors (Lipinski definition) is 1. The van der Waals surface area contributed by atoms with Gasteiger partial charge in [0.25, 0.3) is 0 Å². The van der Waals surface area contributed by atoms with Gasteiger partial charge >= 0.3 is 0 Å². The molecule has 0 radical (unpaired) electrons. The Balaban J connectivity index is 2.16. The molecule has 4 atom stereocenters. The molecule has 1 aliphatic rings. The Kier molecular flexibility index (Phi) is 4.70. The van der Waals surface area contributed by atoms with Crippen LogP contribution in [0.5, 0.6) is 0 Å². The van der Waals surface area contributed by atoms with Gasteiger partial charge in [-0.15, -0.1) is 0 Å². The van der Waals surface area contributed by atoms with E-state index in [9.17, 15) is 4.21 Å². The highest BCUT2D eigenvalue weighted by atomic mass is 32.2. The van der Waals surface area contributed by atoms with Crippen LogP contribution in [-0.2, 0) is 16.2 Å². The van der Waals surface area contributed by atoms with Crippen molar-refractivity contribution in [2.75, 3.05) is 0 Å². The second kappa shape index (κ2) is 5.98. The molecule has 0 saturated heterocycles. The number of rotatable bonds is 2. The van der Waals surface area contributed by atoms with E-state index in [1.807, 2.05) is 12.1 Å². The lowest BCUT2D eigenvalue weighted by Crippen LogP contribution is -2.42. The van der Waals surface area contributed by atoms with Crippen LogP contribution in [0.4, 0.5) is 0 Å². The predicted octanol–water partition coefficient (Wildman–Crippen LogP) is 3.61. The van der Waals surface area contributed by atoms with Gasteiger partial charge in [0, 0.05) is 10.9 Å². The molecular weight excluding hydrogens is 266 g/mol. The lowest BCUT2D eigenvalue weighted by atomic mass is 9.87. The molecule has 0 amide bonds. The minimum Gasteiger partial charge on any atom is -0.327 e. The molecule has 0 aliphatic heterocycles. The largest absolute Gasteiger partial charge is 0.327 e. The van der Waals surface area contributed by atoms with Gasteiger partial charge in [-0.2, -0.15) is 0 Å². The van der Waals surface area contributed by atoms with Crippen molar-refractivity contribution >= 4 is 10.8 Å². The highest BCUT2D eigenvalue weighted by Gasteiger charge is 2.31. The lowest BCUT2D eigenvalue weighted by Gasteiger charge is -2.31. The Morgan fingerprint density at radius 2 is 1.75 bits per heavy atom. The van der Waals surface area contributed by atoms with Crippen LogP contribution in [0, 0.1) is 5.92 Å². The second-order valence-corrected chi connectivity index (χ2v) is 8.86. The molecule has 4 unspecified atom stereocenters. The number of benzene rings is 1. The topological polar surface area (TPSA) is 43.1 Å². The zero-order valence-electron chi connectivity index (χ0n) is 13.1. The fourth-order valence-corrected chi connectivity index (χ4v) is 4.57. The fraction of sp³-hybridized carbons (Fsp3) is 0.647. The van der Waals surface area contributed by atoms with Gasteiger partial charge in [-0.3, -0.25) is 4.21 Å². The molecule has 1 aromatic carbocycles. The standard InChI is InChI=1S/C17H27NOS/c1-12-5-10-15(18)16(11-12)20(19)14-8-6-13(7-9-14)17(2,3)4/h6-9,12,15-16H,5,10-11,18H2,1-4H3. The summed E-state index contributed by atoms with van der Waals surface area (Å²) >= 11 is 0. The van der Waals surface area contributed by atoms with E-state index in [0.29, 0.717) is 5.92 Å². The molecule has 2 rings (SSSR count). The summed E-state index contributed by atoms with van der Waals surface area (Å²) in [5.41, 5.74) is 7.60. The van der Waals surface area contributed by atoms with Gasteiger partial charge in [-0.1, -0.05) is 39.8 Å². The maximum Gasteiger partial charge on any atom is 0.0576 e. The Bertz CT molecular complexity index is 475. The molecule has 1 aliphatic carbocycles. The van der Waals surface area contributed by atoms with Crippen molar-refractivity contribution in [3.8, 4) is 0 Å². The van der Waals surface area contributed by atoms with Gasteiger partial charge in [-0.05, 0) is 48.3 Å². The van der Waals surface area contributed by atoms with Gasteiger partial charge in [-0.25, -0.2) is 0 Å². The quantitative estimate of drug-likeness (QED) is 0.905. The van der Waals surface area contributed by atoms with Crippen molar-refractivity contribution < 1.29 is 4.21 Å². The Morgan fingerprint density at radius 3 is 2.30 bits per heavy atom. The van der Waals surface area contributed by atoms with Gasteiger partial charge in [0.15, 0.2) is 0 Å². The molecule has 20 heavy (non-hydrogen) atoms. The van der Waals surface area contributed by atoms with Gasteiger partial charge in [0.05, 0.1) is 16.0 Å². The van der Waals surface area contributed by atoms with Gasteiger partial charge in [0.2, 0.25) is 0 Å². The predicted molar refractivity (Wildman–Crippen MR) is 86.3 cm³/mol. The van der Waals surface area contributed by atoms with Crippen LogP contribution in [0.1, 0.15) is 52.5 Å². The van der Waals surface area contributed by atoms with Crippen molar-refractivity contribution in [3.63, 3.8) is 0 Å². The van der Waals surface area contributed by atoms with E-state index in [1.54, 1.807) is 0 Å². The molecule has 2 nitrogen and oxygen atoms in total. The summed E-state index contributed by atoms with van der Waals surface area (Å²) in [4.78, 5) is 0.924. The summed E-state index contributed by atoms with van der Waals surface area (Å²) in [5, 5.41) is 0.110. The van der Waals surface area contributed by atoms with Crippen LogP contribution < -0.4 is 5.73 Å². The first-order chi connectivity index (χ1) is 9.29. The molecular formula is C17H27NOS. The number of nitrogens with two attached hydrogens (primary N) is 1. The normalized spacial score (nSPS) is 29.1. The van der Waals surface area contributed by atoms with Crippen molar-refractivity contribution in [1.29, 1.82) is 0 Å². The van der Waals surface area contributed by atoms with Crippen LogP contribution in [0.2, 0.25) is 0 Å². The minimum absolute atomic E-state index is 0.0781. The zero-order valence-corrected chi connectivity index (χ0v) is 13.9. The first kappa shape index (κ1) is 15.7. The van der Waals surface area contributed by atoms with E-state index < -0.39 is 10.8 Å². The van der Waals surface area contributed by atoms with Crippen LogP contribution in [0.25, 0.3) is 0 Å². The van der Waals surface area contributed by atoms with Crippen LogP contribution in [0.15, 0.2) is 29.2 Å². The van der Waals surface area contributed by atoms with Crippen molar-refractivity contribution in [3.05, 3.63) is 29.8 Å². The summed E-state index contributed by atoms with van der Waals surface area (Å²) in [6.07, 6.45) is 3.14. The molecule has 0 aromatic heterocycles. The molecule has 0 heterocycles. The first-order valence-corrected chi connectivity index (χ1v) is 8.77. The third-order valence-corrected chi connectivity index (χ3v) is 6.16. The molecule has 1 aromatic rings. The summed E-state index contributed by atoms with van der Waals surface area (Å²) in [7, 11) is -0.981. The average molecular weight is 293 g/mol. The van der Waals surface area contributed by atoms with E-state index in [0.717, 1.165) is 24.2 Å². The van der Waals surface area contributed by atoms with E-state index in [2.05, 4.69) is 39.8 Å². The van der Waals surface area contributed by atoms with Crippen LogP contribution >= 0.6 is 0 Å². The minimum atomic E-state index is -0.981. The maximum absolute atomic E-state index is 12.7. The molecule has 1 saturated carbocycles. The highest BCUT2D eigenvalue weighted by Crippen LogP contribution is 2.30. The van der Waals surface area contributed by atoms with E-state index >= 15 is 0 Å². The Morgan fingerprint density at radius 1 is 1.15 bits per heavy atom. The first-order valence-electron chi connectivity index (χ1n) is 7.55. The van der Waals surface area contributed by atoms with Crippen molar-refractivity contribution in [2.45, 2.75) is 68.6 Å². The third-order valence-electron chi connectivity index (χ3n) is 4.33. The second-order valence-electron chi connectivity index (χ2n) is 7.19. The van der Waals surface area contributed by atoms with Crippen molar-refractivity contribution in [1.82, 2.24) is 0 Å². The van der Waals surface area contributed by atoms with Crippen LogP contribution in [-0.4, -0.2) is 15.5 Å². The van der Waals surface area contributed by atoms with E-state index in [1.165, 1.54) is 5.56 Å². The smallest absolute Gasteiger partial charge is 0.0576 e. The SMILES string of the molecule is CC1CCC(N)C(S(=O)c2ccc(C(C)(C)C)cc2)C1. The lowest BCUT2D eigenvalue weighted by molar-refractivity contribution is 0.353. The molecule has 2 N–H and O–H groups in total. The maximum atomic E-state index is 12.7. The monoisotopic (exact) mass is 293 g/mol. The number of hydrogen-bond acceptors (Lipinski definition) is 2. The van der Waals surface area contributed by atoms with Crippen molar-refractivity contribution in [2.24, 2.45) is 11.7 Å². The van der Waals surface area contributed by atoms with E-state index in [4.69, 9.17) is 5.73 Å². The summed E-state index contributed by atoms with van der Waals surface area (Å²) in [5.74, 6) is 0.637. The van der Waals surface area contributed by atoms with E-state index in [-0.39, 0.29) is 16.7 Å². The summed E-state index contributed by atoms with van der Waals surface area (Å²) in [6, 6.07) is 8.32. The molecule has 112 valence electrons. The molecule has 1 fully saturated rings. The summed E-state index contributed by atoms with van der Waals surface area (Å²) < 4.78 is 12.7. The van der Waals surface area contributed by atoms with Crippen LogP contribution in [0.3, 0.4) is 0 Å².